The van der Waals surface area contributed by atoms with Gasteiger partial charge in [-0.3, -0.25) is 9.69 Å². The highest BCUT2D eigenvalue weighted by Crippen LogP contribution is 2.22. The van der Waals surface area contributed by atoms with Crippen molar-refractivity contribution in [2.24, 2.45) is 0 Å². The van der Waals surface area contributed by atoms with Gasteiger partial charge in [-0.15, -0.1) is 0 Å². The van der Waals surface area contributed by atoms with E-state index < -0.39 is 23.6 Å². The Balaban J connectivity index is 1.97. The lowest BCUT2D eigenvalue weighted by atomic mass is 10.0. The van der Waals surface area contributed by atoms with E-state index in [9.17, 15) is 18.4 Å². The van der Waals surface area contributed by atoms with Crippen molar-refractivity contribution in [3.63, 3.8) is 0 Å². The molecule has 0 radical (unpaired) electrons. The van der Waals surface area contributed by atoms with Crippen molar-refractivity contribution in [2.45, 2.75) is 25.5 Å². The van der Waals surface area contributed by atoms with Crippen molar-refractivity contribution in [1.29, 1.82) is 0 Å². The summed E-state index contributed by atoms with van der Waals surface area (Å²) in [5.41, 5.74) is 0.108. The van der Waals surface area contributed by atoms with E-state index in [1.54, 1.807) is 23.8 Å². The summed E-state index contributed by atoms with van der Waals surface area (Å²) in [6.45, 7) is 3.00. The van der Waals surface area contributed by atoms with Gasteiger partial charge in [0.1, 0.15) is 11.6 Å². The van der Waals surface area contributed by atoms with Gasteiger partial charge in [0.15, 0.2) is 0 Å². The monoisotopic (exact) mass is 385 g/mol. The second-order valence-electron chi connectivity index (χ2n) is 6.61. The molecule has 0 bridgehead atoms. The highest BCUT2D eigenvalue weighted by molar-refractivity contribution is 5.75. The van der Waals surface area contributed by atoms with E-state index in [2.05, 4.69) is 5.32 Å². The summed E-state index contributed by atoms with van der Waals surface area (Å²) in [5.74, 6) is -2.07. The van der Waals surface area contributed by atoms with Crippen molar-refractivity contribution in [2.75, 3.05) is 39.8 Å². The molecule has 7 nitrogen and oxygen atoms in total. The molecule has 0 saturated carbocycles. The molecular formula is C18H25F2N3O4. The van der Waals surface area contributed by atoms with Crippen molar-refractivity contribution in [3.8, 4) is 0 Å². The number of carbonyl (C=O) groups is 2. The Morgan fingerprint density at radius 2 is 2.19 bits per heavy atom. The molecule has 1 aliphatic rings. The lowest BCUT2D eigenvalue weighted by molar-refractivity contribution is -0.138. The maximum atomic E-state index is 14.0. The molecular weight excluding hydrogens is 360 g/mol. The van der Waals surface area contributed by atoms with Crippen LogP contribution in [0.2, 0.25) is 0 Å². The Kier molecular flexibility index (Phi) is 7.49. The number of morpholine rings is 1. The fourth-order valence-corrected chi connectivity index (χ4v) is 3.08. The highest BCUT2D eigenvalue weighted by Gasteiger charge is 2.27. The third kappa shape index (κ3) is 6.14. The Hall–Kier alpha value is -2.26. The molecule has 0 spiro atoms. The normalized spacial score (nSPS) is 18.4. The largest absolute Gasteiger partial charge is 0.480 e. The molecule has 2 N–H and O–H groups in total. The summed E-state index contributed by atoms with van der Waals surface area (Å²) in [7, 11) is 1.66. The molecule has 1 heterocycles. The topological polar surface area (TPSA) is 82.1 Å². The molecule has 1 fully saturated rings. The van der Waals surface area contributed by atoms with E-state index in [1.165, 1.54) is 0 Å². The van der Waals surface area contributed by atoms with Gasteiger partial charge in [0.2, 0.25) is 0 Å². The number of aliphatic carboxylic acids is 1. The fraction of sp³-hybridized carbons (Fsp3) is 0.556. The van der Waals surface area contributed by atoms with Crippen LogP contribution < -0.4 is 5.32 Å². The number of carboxylic acid groups (broad SMARTS) is 1. The third-order valence-corrected chi connectivity index (χ3v) is 4.39. The molecule has 2 rings (SSSR count). The molecule has 1 aliphatic heterocycles. The second-order valence-corrected chi connectivity index (χ2v) is 6.61. The first-order chi connectivity index (χ1) is 12.8. The van der Waals surface area contributed by atoms with Crippen LogP contribution in [0.15, 0.2) is 18.2 Å². The van der Waals surface area contributed by atoms with Gasteiger partial charge in [-0.05, 0) is 31.7 Å². The SMILES string of the molecule is CCC(NC(=O)N1CCOC(CN(C)CC(=O)O)C1)c1cc(F)ccc1F. The first-order valence-electron chi connectivity index (χ1n) is 8.82. The van der Waals surface area contributed by atoms with Crippen LogP contribution in [0.25, 0.3) is 0 Å². The molecule has 2 atom stereocenters. The van der Waals surface area contributed by atoms with Crippen LogP contribution in [-0.2, 0) is 9.53 Å². The van der Waals surface area contributed by atoms with Crippen molar-refractivity contribution in [1.82, 2.24) is 15.1 Å². The van der Waals surface area contributed by atoms with E-state index in [1.807, 2.05) is 0 Å². The first kappa shape index (κ1) is 21.0. The molecule has 0 aliphatic carbocycles. The number of carboxylic acids is 1. The van der Waals surface area contributed by atoms with Crippen LogP contribution in [0.5, 0.6) is 0 Å². The zero-order valence-electron chi connectivity index (χ0n) is 15.5. The fourth-order valence-electron chi connectivity index (χ4n) is 3.08. The molecule has 1 saturated heterocycles. The van der Waals surface area contributed by atoms with Gasteiger partial charge in [-0.25, -0.2) is 13.6 Å². The molecule has 27 heavy (non-hydrogen) atoms. The van der Waals surface area contributed by atoms with E-state index in [0.29, 0.717) is 26.1 Å². The van der Waals surface area contributed by atoms with Crippen LogP contribution in [0.4, 0.5) is 13.6 Å². The number of ether oxygens (including phenoxy) is 1. The first-order valence-corrected chi connectivity index (χ1v) is 8.82. The van der Waals surface area contributed by atoms with Gasteiger partial charge in [0.25, 0.3) is 0 Å². The minimum atomic E-state index is -0.939. The summed E-state index contributed by atoms with van der Waals surface area (Å²) < 4.78 is 33.0. The van der Waals surface area contributed by atoms with Crippen LogP contribution in [0.1, 0.15) is 24.9 Å². The van der Waals surface area contributed by atoms with Gasteiger partial charge in [0, 0.05) is 25.2 Å². The molecule has 1 aromatic rings. The lowest BCUT2D eigenvalue weighted by Crippen LogP contribution is -2.52. The van der Waals surface area contributed by atoms with Gasteiger partial charge < -0.3 is 20.1 Å². The van der Waals surface area contributed by atoms with E-state index in [0.717, 1.165) is 18.2 Å². The minimum Gasteiger partial charge on any atom is -0.480 e. The Bertz CT molecular complexity index is 674. The zero-order valence-corrected chi connectivity index (χ0v) is 15.5. The number of urea groups is 1. The number of benzene rings is 1. The van der Waals surface area contributed by atoms with E-state index in [4.69, 9.17) is 9.84 Å². The smallest absolute Gasteiger partial charge is 0.318 e. The van der Waals surface area contributed by atoms with Crippen molar-refractivity contribution < 1.29 is 28.2 Å². The minimum absolute atomic E-state index is 0.108. The van der Waals surface area contributed by atoms with Crippen molar-refractivity contribution >= 4 is 12.0 Å². The molecule has 150 valence electrons. The lowest BCUT2D eigenvalue weighted by Gasteiger charge is -2.35. The molecule has 2 amide bonds. The van der Waals surface area contributed by atoms with Gasteiger partial charge in [-0.2, -0.15) is 0 Å². The number of amides is 2. The Morgan fingerprint density at radius 3 is 2.85 bits per heavy atom. The third-order valence-electron chi connectivity index (χ3n) is 4.39. The quantitative estimate of drug-likeness (QED) is 0.749. The maximum absolute atomic E-state index is 14.0. The van der Waals surface area contributed by atoms with Crippen molar-refractivity contribution in [3.05, 3.63) is 35.4 Å². The predicted molar refractivity (Wildman–Crippen MR) is 94.4 cm³/mol. The summed E-state index contributed by atoms with van der Waals surface area (Å²) in [5, 5.41) is 11.6. The van der Waals surface area contributed by atoms with Crippen LogP contribution >= 0.6 is 0 Å². The zero-order chi connectivity index (χ0) is 20.0. The van der Waals surface area contributed by atoms with Crippen LogP contribution in [-0.4, -0.2) is 72.8 Å². The predicted octanol–water partition coefficient (Wildman–Crippen LogP) is 1.84. The van der Waals surface area contributed by atoms with E-state index >= 15 is 0 Å². The number of rotatable bonds is 7. The standard InChI is InChI=1S/C18H25F2N3O4/c1-3-16(14-8-12(19)4-5-15(14)20)21-18(26)23-6-7-27-13(10-23)9-22(2)11-17(24)25/h4-5,8,13,16H,3,6-7,9-11H2,1-2H3,(H,21,26)(H,24,25). The van der Waals surface area contributed by atoms with E-state index in [-0.39, 0.29) is 30.8 Å². The summed E-state index contributed by atoms with van der Waals surface area (Å²) >= 11 is 0. The molecule has 1 aromatic carbocycles. The van der Waals surface area contributed by atoms with Gasteiger partial charge in [-0.1, -0.05) is 6.92 Å². The van der Waals surface area contributed by atoms with Crippen LogP contribution in [0.3, 0.4) is 0 Å². The molecule has 0 aromatic heterocycles. The maximum Gasteiger partial charge on any atom is 0.318 e. The van der Waals surface area contributed by atoms with Gasteiger partial charge in [0.05, 0.1) is 25.3 Å². The number of nitrogens with zero attached hydrogens (tertiary/aromatic N) is 2. The summed E-state index contributed by atoms with van der Waals surface area (Å²) in [6.07, 6.45) is 0.0844. The Labute approximate surface area is 156 Å². The Morgan fingerprint density at radius 1 is 1.44 bits per heavy atom. The number of halogens is 2. The number of likely N-dealkylation sites (N-methyl/N-ethyl adjacent to an activating group) is 1. The van der Waals surface area contributed by atoms with Crippen LogP contribution in [0, 0.1) is 11.6 Å². The molecule has 2 unspecified atom stereocenters. The highest BCUT2D eigenvalue weighted by atomic mass is 19.1. The van der Waals surface area contributed by atoms with Gasteiger partial charge >= 0.3 is 12.0 Å². The summed E-state index contributed by atoms with van der Waals surface area (Å²) in [6, 6.07) is 2.13. The number of hydrogen-bond acceptors (Lipinski definition) is 4. The average Bonchev–Trinajstić information content (AvgIpc) is 2.61. The molecule has 9 heteroatoms. The average molecular weight is 385 g/mol. The second kappa shape index (κ2) is 9.61. The number of hydrogen-bond donors (Lipinski definition) is 2. The number of nitrogens with one attached hydrogen (secondary N) is 1. The number of carbonyl (C=O) groups excluding carboxylic acids is 1. The summed E-state index contributed by atoms with van der Waals surface area (Å²) in [4.78, 5) is 26.5.